The molecule has 144 valence electrons. The first-order valence-corrected chi connectivity index (χ1v) is 9.64. The Morgan fingerprint density at radius 2 is 1.52 bits per heavy atom. The highest BCUT2D eigenvalue weighted by atomic mass is 16.7. The zero-order valence-electron chi connectivity index (χ0n) is 15.7. The summed E-state index contributed by atoms with van der Waals surface area (Å²) < 4.78 is 12.5. The summed E-state index contributed by atoms with van der Waals surface area (Å²) in [6, 6.07) is 26.5. The number of ketones is 1. The first kappa shape index (κ1) is 17.9. The van der Waals surface area contributed by atoms with E-state index in [1.165, 1.54) is 0 Å². The van der Waals surface area contributed by atoms with Crippen LogP contribution in [-0.4, -0.2) is 23.8 Å². The van der Waals surface area contributed by atoms with E-state index in [4.69, 9.17) is 9.47 Å². The lowest BCUT2D eigenvalue weighted by Crippen LogP contribution is -2.50. The summed E-state index contributed by atoms with van der Waals surface area (Å²) in [6.07, 6.45) is 1.05. The molecule has 2 heterocycles. The van der Waals surface area contributed by atoms with E-state index in [1.807, 2.05) is 78.9 Å². The SMILES string of the molecule is O=C1c2ccccc2OC2OC(CO)(c3ccccc3)C=C(c3ccccc3)C12. The molecule has 0 saturated carbocycles. The molecule has 0 aliphatic carbocycles. The third-order valence-corrected chi connectivity index (χ3v) is 5.60. The molecule has 29 heavy (non-hydrogen) atoms. The minimum absolute atomic E-state index is 0.0356. The van der Waals surface area contributed by atoms with Gasteiger partial charge in [0.2, 0.25) is 6.29 Å². The Hall–Kier alpha value is -3.21. The lowest BCUT2D eigenvalue weighted by molar-refractivity contribution is -0.189. The van der Waals surface area contributed by atoms with E-state index in [9.17, 15) is 9.90 Å². The van der Waals surface area contributed by atoms with Crippen molar-refractivity contribution in [3.63, 3.8) is 0 Å². The van der Waals surface area contributed by atoms with E-state index < -0.39 is 17.8 Å². The molecular formula is C25H20O4. The summed E-state index contributed by atoms with van der Waals surface area (Å²) >= 11 is 0. The Morgan fingerprint density at radius 3 is 2.24 bits per heavy atom. The first-order chi connectivity index (χ1) is 14.2. The number of aliphatic hydroxyl groups is 1. The van der Waals surface area contributed by atoms with E-state index in [0.717, 1.165) is 16.7 Å². The van der Waals surface area contributed by atoms with Crippen LogP contribution in [-0.2, 0) is 10.3 Å². The van der Waals surface area contributed by atoms with Gasteiger partial charge in [0, 0.05) is 0 Å². The molecule has 3 aromatic rings. The van der Waals surface area contributed by atoms with E-state index in [1.54, 1.807) is 12.1 Å². The summed E-state index contributed by atoms with van der Waals surface area (Å²) in [6.45, 7) is -0.268. The number of Topliss-reactive ketones (excluding diaryl/α,β-unsaturated/α-hetero) is 1. The van der Waals surface area contributed by atoms with Crippen molar-refractivity contribution in [3.05, 3.63) is 108 Å². The van der Waals surface area contributed by atoms with Crippen LogP contribution < -0.4 is 4.74 Å². The van der Waals surface area contributed by atoms with Crippen molar-refractivity contribution < 1.29 is 19.4 Å². The van der Waals surface area contributed by atoms with Crippen molar-refractivity contribution in [2.75, 3.05) is 6.61 Å². The second-order valence-electron chi connectivity index (χ2n) is 7.32. The average molecular weight is 384 g/mol. The molecule has 0 radical (unpaired) electrons. The standard InChI is InChI=1S/C25H20O4/c26-16-25(18-11-5-2-6-12-18)15-20(17-9-3-1-4-10-17)22-23(27)19-13-7-8-14-21(19)28-24(22)29-25/h1-15,22,24,26H,16H2. The fourth-order valence-electron chi connectivity index (χ4n) is 4.16. The van der Waals surface area contributed by atoms with Gasteiger partial charge in [-0.05, 0) is 34.9 Å². The Morgan fingerprint density at radius 1 is 0.862 bits per heavy atom. The van der Waals surface area contributed by atoms with Gasteiger partial charge < -0.3 is 14.6 Å². The summed E-state index contributed by atoms with van der Waals surface area (Å²) in [5, 5.41) is 10.4. The normalized spacial score (nSPS) is 25.4. The van der Waals surface area contributed by atoms with Gasteiger partial charge in [0.15, 0.2) is 5.78 Å². The summed E-state index contributed by atoms with van der Waals surface area (Å²) in [5.74, 6) is -0.129. The van der Waals surface area contributed by atoms with E-state index in [-0.39, 0.29) is 12.4 Å². The largest absolute Gasteiger partial charge is 0.463 e. The van der Waals surface area contributed by atoms with Crippen LogP contribution in [0.3, 0.4) is 0 Å². The predicted octanol–water partition coefficient (Wildman–Crippen LogP) is 4.21. The quantitative estimate of drug-likeness (QED) is 0.735. The van der Waals surface area contributed by atoms with Crippen LogP contribution in [0.25, 0.3) is 5.57 Å². The van der Waals surface area contributed by atoms with Crippen LogP contribution in [0, 0.1) is 5.92 Å². The topological polar surface area (TPSA) is 55.8 Å². The highest BCUT2D eigenvalue weighted by Gasteiger charge is 2.49. The van der Waals surface area contributed by atoms with Crippen molar-refractivity contribution in [1.82, 2.24) is 0 Å². The molecule has 3 aromatic carbocycles. The summed E-state index contributed by atoms with van der Waals surface area (Å²) in [4.78, 5) is 13.4. The molecule has 0 bridgehead atoms. The van der Waals surface area contributed by atoms with E-state index >= 15 is 0 Å². The molecule has 2 aliphatic heterocycles. The number of carbonyl (C=O) groups excluding carboxylic acids is 1. The van der Waals surface area contributed by atoms with Crippen molar-refractivity contribution in [2.45, 2.75) is 11.9 Å². The molecule has 5 rings (SSSR count). The molecule has 3 unspecified atom stereocenters. The number of rotatable bonds is 3. The number of aliphatic hydroxyl groups excluding tert-OH is 1. The maximum atomic E-state index is 13.4. The van der Waals surface area contributed by atoms with Gasteiger partial charge in [-0.15, -0.1) is 0 Å². The summed E-state index contributed by atoms with van der Waals surface area (Å²) in [5.41, 5.74) is 1.98. The van der Waals surface area contributed by atoms with Crippen LogP contribution in [0.4, 0.5) is 0 Å². The number of para-hydroxylation sites is 1. The molecule has 0 fully saturated rings. The third-order valence-electron chi connectivity index (χ3n) is 5.60. The smallest absolute Gasteiger partial charge is 0.215 e. The average Bonchev–Trinajstić information content (AvgIpc) is 2.79. The number of benzene rings is 3. The number of fused-ring (bicyclic) bond motifs is 2. The van der Waals surface area contributed by atoms with Crippen LogP contribution in [0.5, 0.6) is 5.75 Å². The lowest BCUT2D eigenvalue weighted by atomic mass is 9.77. The van der Waals surface area contributed by atoms with Crippen molar-refractivity contribution in [1.29, 1.82) is 0 Å². The lowest BCUT2D eigenvalue weighted by Gasteiger charge is -2.44. The Balaban J connectivity index is 1.71. The summed E-state index contributed by atoms with van der Waals surface area (Å²) in [7, 11) is 0. The Bertz CT molecular complexity index is 1070. The minimum atomic E-state index is -1.10. The molecule has 0 amide bonds. The van der Waals surface area contributed by atoms with Gasteiger partial charge in [0.05, 0.1) is 12.2 Å². The molecule has 4 nitrogen and oxygen atoms in total. The number of carbonyl (C=O) groups is 1. The van der Waals surface area contributed by atoms with Crippen LogP contribution in [0.15, 0.2) is 91.0 Å². The van der Waals surface area contributed by atoms with Crippen molar-refractivity contribution in [2.24, 2.45) is 5.92 Å². The Labute approximate surface area is 169 Å². The van der Waals surface area contributed by atoms with Crippen LogP contribution in [0.2, 0.25) is 0 Å². The fraction of sp³-hybridized carbons (Fsp3) is 0.160. The second-order valence-corrected chi connectivity index (χ2v) is 7.32. The monoisotopic (exact) mass is 384 g/mol. The van der Waals surface area contributed by atoms with Gasteiger partial charge in [0.1, 0.15) is 17.3 Å². The zero-order chi connectivity index (χ0) is 19.8. The van der Waals surface area contributed by atoms with Gasteiger partial charge in [0.25, 0.3) is 0 Å². The van der Waals surface area contributed by atoms with E-state index in [0.29, 0.717) is 11.3 Å². The minimum Gasteiger partial charge on any atom is -0.463 e. The Kier molecular flexibility index (Phi) is 4.31. The predicted molar refractivity (Wildman–Crippen MR) is 109 cm³/mol. The van der Waals surface area contributed by atoms with Gasteiger partial charge >= 0.3 is 0 Å². The van der Waals surface area contributed by atoms with Crippen molar-refractivity contribution >= 4 is 11.4 Å². The number of hydrogen-bond acceptors (Lipinski definition) is 4. The first-order valence-electron chi connectivity index (χ1n) is 9.64. The van der Waals surface area contributed by atoms with Gasteiger partial charge in [-0.3, -0.25) is 4.79 Å². The van der Waals surface area contributed by atoms with Crippen LogP contribution in [0.1, 0.15) is 21.5 Å². The van der Waals surface area contributed by atoms with E-state index in [2.05, 4.69) is 0 Å². The molecule has 0 aromatic heterocycles. The highest BCUT2D eigenvalue weighted by molar-refractivity contribution is 6.08. The number of hydrogen-bond donors (Lipinski definition) is 1. The molecule has 3 atom stereocenters. The maximum Gasteiger partial charge on any atom is 0.215 e. The second kappa shape index (κ2) is 6.99. The molecular weight excluding hydrogens is 364 g/mol. The molecule has 4 heteroatoms. The zero-order valence-corrected chi connectivity index (χ0v) is 15.7. The van der Waals surface area contributed by atoms with Gasteiger partial charge in [-0.2, -0.15) is 0 Å². The van der Waals surface area contributed by atoms with Crippen molar-refractivity contribution in [3.8, 4) is 5.75 Å². The van der Waals surface area contributed by atoms with Gasteiger partial charge in [-0.25, -0.2) is 0 Å². The maximum absolute atomic E-state index is 13.4. The molecule has 1 N–H and O–H groups in total. The van der Waals surface area contributed by atoms with Crippen LogP contribution >= 0.6 is 0 Å². The molecule has 2 aliphatic rings. The molecule has 0 saturated heterocycles. The highest BCUT2D eigenvalue weighted by Crippen LogP contribution is 2.46. The van der Waals surface area contributed by atoms with Gasteiger partial charge in [-0.1, -0.05) is 72.8 Å². The fourth-order valence-corrected chi connectivity index (χ4v) is 4.16. The molecule has 0 spiro atoms. The third kappa shape index (κ3) is 2.89. The number of ether oxygens (including phenoxy) is 2.